The number of fused-ring (bicyclic) bond motifs is 1. The maximum absolute atomic E-state index is 11.8. The molecule has 6 heteroatoms. The predicted octanol–water partition coefficient (Wildman–Crippen LogP) is 3.66. The van der Waals surface area contributed by atoms with Crippen molar-refractivity contribution in [1.29, 1.82) is 0 Å². The first-order chi connectivity index (χ1) is 11.6. The molecule has 0 unspecified atom stereocenters. The van der Waals surface area contributed by atoms with Gasteiger partial charge in [0.1, 0.15) is 11.5 Å². The second kappa shape index (κ2) is 6.97. The Hall–Kier alpha value is -3.12. The number of anilines is 1. The molecule has 3 rings (SSSR count). The first kappa shape index (κ1) is 15.8. The standard InChI is InChI=1S/C18H14N2O3S/c21-13-6-8-15-12(11-13)3-1-5-16(15)19-18(24)20-17(22)9-7-14-4-2-10-23-14/h1-11,21H,(H2,19,20,22,24). The van der Waals surface area contributed by atoms with Gasteiger partial charge in [-0.2, -0.15) is 0 Å². The van der Waals surface area contributed by atoms with Gasteiger partial charge >= 0.3 is 0 Å². The van der Waals surface area contributed by atoms with Gasteiger partial charge in [0.25, 0.3) is 0 Å². The van der Waals surface area contributed by atoms with E-state index >= 15 is 0 Å². The van der Waals surface area contributed by atoms with E-state index in [0.29, 0.717) is 5.76 Å². The second-order valence-electron chi connectivity index (χ2n) is 5.00. The van der Waals surface area contributed by atoms with Gasteiger partial charge in [0.15, 0.2) is 5.11 Å². The molecular weight excluding hydrogens is 324 g/mol. The number of nitrogens with one attached hydrogen (secondary N) is 2. The van der Waals surface area contributed by atoms with Crippen molar-refractivity contribution in [2.75, 3.05) is 5.32 Å². The van der Waals surface area contributed by atoms with Crippen LogP contribution in [0.15, 0.2) is 65.3 Å². The normalized spacial score (nSPS) is 10.8. The fourth-order valence-corrected chi connectivity index (χ4v) is 2.44. The number of rotatable bonds is 3. The number of furan rings is 1. The molecule has 0 bridgehead atoms. The summed E-state index contributed by atoms with van der Waals surface area (Å²) < 4.78 is 5.11. The average molecular weight is 338 g/mol. The van der Waals surface area contributed by atoms with Crippen LogP contribution in [0.25, 0.3) is 16.8 Å². The topological polar surface area (TPSA) is 74.5 Å². The Morgan fingerprint density at radius 3 is 2.83 bits per heavy atom. The maximum atomic E-state index is 11.8. The van der Waals surface area contributed by atoms with E-state index in [0.717, 1.165) is 16.5 Å². The zero-order valence-electron chi connectivity index (χ0n) is 12.5. The zero-order chi connectivity index (χ0) is 16.9. The van der Waals surface area contributed by atoms with E-state index in [-0.39, 0.29) is 16.8 Å². The van der Waals surface area contributed by atoms with Crippen molar-refractivity contribution >= 4 is 45.8 Å². The number of benzene rings is 2. The summed E-state index contributed by atoms with van der Waals surface area (Å²) in [5.74, 6) is 0.415. The average Bonchev–Trinajstić information content (AvgIpc) is 3.06. The summed E-state index contributed by atoms with van der Waals surface area (Å²) in [6.45, 7) is 0. The van der Waals surface area contributed by atoms with Crippen LogP contribution in [0.3, 0.4) is 0 Å². The molecule has 24 heavy (non-hydrogen) atoms. The van der Waals surface area contributed by atoms with Gasteiger partial charge in [0.2, 0.25) is 5.91 Å². The van der Waals surface area contributed by atoms with Crippen LogP contribution in [-0.2, 0) is 4.79 Å². The van der Waals surface area contributed by atoms with Crippen LogP contribution >= 0.6 is 12.2 Å². The van der Waals surface area contributed by atoms with E-state index in [2.05, 4.69) is 10.6 Å². The third-order valence-electron chi connectivity index (χ3n) is 3.29. The molecular formula is C18H14N2O3S. The van der Waals surface area contributed by atoms with E-state index in [1.807, 2.05) is 18.2 Å². The summed E-state index contributed by atoms with van der Waals surface area (Å²) in [5, 5.41) is 17.0. The number of thiocarbonyl (C=S) groups is 1. The molecule has 0 fully saturated rings. The van der Waals surface area contributed by atoms with E-state index < -0.39 is 0 Å². The molecule has 0 atom stereocenters. The molecule has 0 spiro atoms. The summed E-state index contributed by atoms with van der Waals surface area (Å²) in [6.07, 6.45) is 4.43. The van der Waals surface area contributed by atoms with Gasteiger partial charge in [-0.15, -0.1) is 0 Å². The highest BCUT2D eigenvalue weighted by Gasteiger charge is 2.05. The molecule has 3 N–H and O–H groups in total. The third-order valence-corrected chi connectivity index (χ3v) is 3.50. The maximum Gasteiger partial charge on any atom is 0.250 e. The Kier molecular flexibility index (Phi) is 4.58. The Balaban J connectivity index is 1.68. The monoisotopic (exact) mass is 338 g/mol. The van der Waals surface area contributed by atoms with Gasteiger partial charge in [-0.25, -0.2) is 0 Å². The van der Waals surface area contributed by atoms with Crippen LogP contribution < -0.4 is 10.6 Å². The van der Waals surface area contributed by atoms with Gasteiger partial charge in [-0.1, -0.05) is 12.1 Å². The van der Waals surface area contributed by atoms with Crippen molar-refractivity contribution in [1.82, 2.24) is 5.32 Å². The highest BCUT2D eigenvalue weighted by Crippen LogP contribution is 2.26. The summed E-state index contributed by atoms with van der Waals surface area (Å²) in [7, 11) is 0. The van der Waals surface area contributed by atoms with Gasteiger partial charge in [-0.3, -0.25) is 10.1 Å². The van der Waals surface area contributed by atoms with Crippen LogP contribution in [0.1, 0.15) is 5.76 Å². The number of phenolic OH excluding ortho intramolecular Hbond substituents is 1. The molecule has 1 heterocycles. The minimum Gasteiger partial charge on any atom is -0.508 e. The second-order valence-corrected chi connectivity index (χ2v) is 5.41. The van der Waals surface area contributed by atoms with Crippen molar-refractivity contribution < 1.29 is 14.3 Å². The van der Waals surface area contributed by atoms with Crippen molar-refractivity contribution in [2.45, 2.75) is 0 Å². The Morgan fingerprint density at radius 2 is 2.04 bits per heavy atom. The van der Waals surface area contributed by atoms with Crippen LogP contribution in [0.2, 0.25) is 0 Å². The smallest absolute Gasteiger partial charge is 0.250 e. The lowest BCUT2D eigenvalue weighted by molar-refractivity contribution is -0.115. The third kappa shape index (κ3) is 3.80. The van der Waals surface area contributed by atoms with Crippen molar-refractivity contribution in [3.63, 3.8) is 0 Å². The zero-order valence-corrected chi connectivity index (χ0v) is 13.3. The first-order valence-corrected chi connectivity index (χ1v) is 7.58. The SMILES string of the molecule is O=C(C=Cc1ccco1)NC(=S)Nc1cccc2cc(O)ccc12. The molecule has 5 nitrogen and oxygen atoms in total. The minimum atomic E-state index is -0.359. The highest BCUT2D eigenvalue weighted by molar-refractivity contribution is 7.80. The molecule has 1 amide bonds. The van der Waals surface area contributed by atoms with Crippen LogP contribution in [0.5, 0.6) is 5.75 Å². The molecule has 0 saturated heterocycles. The summed E-state index contributed by atoms with van der Waals surface area (Å²) in [6, 6.07) is 14.1. The van der Waals surface area contributed by atoms with Crippen molar-refractivity contribution in [2.24, 2.45) is 0 Å². The van der Waals surface area contributed by atoms with Crippen LogP contribution in [0.4, 0.5) is 5.69 Å². The summed E-state index contributed by atoms with van der Waals surface area (Å²) in [5.41, 5.74) is 0.743. The van der Waals surface area contributed by atoms with Crippen LogP contribution in [0, 0.1) is 0 Å². The molecule has 0 aliphatic heterocycles. The van der Waals surface area contributed by atoms with Gasteiger partial charge in [-0.05, 0) is 60.1 Å². The number of aromatic hydroxyl groups is 1. The molecule has 1 aromatic heterocycles. The molecule has 120 valence electrons. The number of hydrogen-bond donors (Lipinski definition) is 3. The first-order valence-electron chi connectivity index (χ1n) is 7.17. The number of amides is 1. The quantitative estimate of drug-likeness (QED) is 0.502. The van der Waals surface area contributed by atoms with Gasteiger partial charge in [0.05, 0.1) is 6.26 Å². The largest absolute Gasteiger partial charge is 0.508 e. The number of phenols is 1. The molecule has 0 saturated carbocycles. The molecule has 2 aromatic carbocycles. The van der Waals surface area contributed by atoms with E-state index in [1.165, 1.54) is 12.3 Å². The summed E-state index contributed by atoms with van der Waals surface area (Å²) >= 11 is 5.17. The van der Waals surface area contributed by atoms with Crippen molar-refractivity contribution in [3.05, 3.63) is 66.6 Å². The predicted molar refractivity (Wildman–Crippen MR) is 97.7 cm³/mol. The molecule has 3 aromatic rings. The van der Waals surface area contributed by atoms with E-state index in [9.17, 15) is 9.90 Å². The Bertz CT molecular complexity index is 917. The van der Waals surface area contributed by atoms with E-state index in [4.69, 9.17) is 16.6 Å². The minimum absolute atomic E-state index is 0.185. The lowest BCUT2D eigenvalue weighted by Gasteiger charge is -2.11. The molecule has 0 radical (unpaired) electrons. The van der Waals surface area contributed by atoms with E-state index in [1.54, 1.807) is 36.4 Å². The lowest BCUT2D eigenvalue weighted by atomic mass is 10.1. The van der Waals surface area contributed by atoms with Gasteiger partial charge in [0, 0.05) is 17.1 Å². The summed E-state index contributed by atoms with van der Waals surface area (Å²) in [4.78, 5) is 11.8. The number of carbonyl (C=O) groups is 1. The Morgan fingerprint density at radius 1 is 1.17 bits per heavy atom. The molecule has 0 aliphatic carbocycles. The van der Waals surface area contributed by atoms with Gasteiger partial charge < -0.3 is 14.8 Å². The molecule has 0 aliphatic rings. The van der Waals surface area contributed by atoms with Crippen LogP contribution in [-0.4, -0.2) is 16.1 Å². The fraction of sp³-hybridized carbons (Fsp3) is 0. The Labute approximate surface area is 143 Å². The highest BCUT2D eigenvalue weighted by atomic mass is 32.1. The fourth-order valence-electron chi connectivity index (χ4n) is 2.23. The van der Waals surface area contributed by atoms with Crippen molar-refractivity contribution in [3.8, 4) is 5.75 Å². The number of carbonyl (C=O) groups excluding carboxylic acids is 1. The lowest BCUT2D eigenvalue weighted by Crippen LogP contribution is -2.32. The number of hydrogen-bond acceptors (Lipinski definition) is 4.